The van der Waals surface area contributed by atoms with Crippen LogP contribution in [0.2, 0.25) is 0 Å². The second-order valence-electron chi connectivity index (χ2n) is 8.81. The van der Waals surface area contributed by atoms with E-state index < -0.39 is 66.2 Å². The molecule has 0 fully saturated rings. The first-order valence-corrected chi connectivity index (χ1v) is 11.6. The van der Waals surface area contributed by atoms with E-state index in [0.717, 1.165) is 0 Å². The summed E-state index contributed by atoms with van der Waals surface area (Å²) in [5.41, 5.74) is 21.3. The number of nitrogens with zero attached hydrogens (tertiary/aromatic N) is 1. The largest absolute Gasteiger partial charge is 0.481 e. The summed E-state index contributed by atoms with van der Waals surface area (Å²) in [6, 6.07) is -5.36. The van der Waals surface area contributed by atoms with Gasteiger partial charge in [-0.15, -0.1) is 0 Å². The summed E-state index contributed by atoms with van der Waals surface area (Å²) in [6.45, 7) is 3.70. The highest BCUT2D eigenvalue weighted by atomic mass is 16.4. The summed E-state index contributed by atoms with van der Waals surface area (Å²) in [5, 5.41) is 25.4. The van der Waals surface area contributed by atoms with E-state index in [-0.39, 0.29) is 44.1 Å². The molecule has 16 nitrogen and oxygen atoms in total. The highest BCUT2D eigenvalue weighted by Gasteiger charge is 2.31. The predicted octanol–water partition coefficient (Wildman–Crippen LogP) is -3.31. The fraction of sp³-hybridized carbons (Fsp3) is 0.667. The average molecular weight is 531 g/mol. The lowest BCUT2D eigenvalue weighted by atomic mass is 10.0. The van der Waals surface area contributed by atoms with Crippen molar-refractivity contribution in [3.63, 3.8) is 0 Å². The maximum Gasteiger partial charge on any atom is 0.326 e. The van der Waals surface area contributed by atoms with Gasteiger partial charge in [-0.3, -0.25) is 29.0 Å². The molecular weight excluding hydrogens is 492 g/mol. The number of nitrogens with two attached hydrogens (primary N) is 4. The number of carboxylic acid groups (broad SMARTS) is 2. The predicted molar refractivity (Wildman–Crippen MR) is 131 cm³/mol. The molecule has 0 aromatic rings. The Labute approximate surface area is 214 Å². The summed E-state index contributed by atoms with van der Waals surface area (Å²) in [4.78, 5) is 75.6. The molecule has 0 radical (unpaired) electrons. The molecule has 0 aromatic heterocycles. The minimum Gasteiger partial charge on any atom is -0.481 e. The first kappa shape index (κ1) is 33.0. The first-order chi connectivity index (χ1) is 17.1. The number of guanidine groups is 1. The quantitative estimate of drug-likeness (QED) is 0.0480. The van der Waals surface area contributed by atoms with Gasteiger partial charge in [0.15, 0.2) is 5.96 Å². The lowest BCUT2D eigenvalue weighted by Gasteiger charge is -2.25. The number of hydrogen-bond donors (Lipinski definition) is 9. The van der Waals surface area contributed by atoms with Gasteiger partial charge in [-0.1, -0.05) is 13.8 Å². The molecule has 4 amide bonds. The molecule has 210 valence electrons. The van der Waals surface area contributed by atoms with Crippen LogP contribution in [0.1, 0.15) is 52.4 Å². The molecule has 37 heavy (non-hydrogen) atoms. The van der Waals surface area contributed by atoms with Gasteiger partial charge in [0.1, 0.15) is 18.1 Å². The summed E-state index contributed by atoms with van der Waals surface area (Å²) in [7, 11) is 0. The van der Waals surface area contributed by atoms with Crippen molar-refractivity contribution in [3.05, 3.63) is 0 Å². The van der Waals surface area contributed by atoms with E-state index in [1.807, 2.05) is 0 Å². The second kappa shape index (κ2) is 16.7. The number of primary amides is 1. The zero-order valence-corrected chi connectivity index (χ0v) is 20.9. The smallest absolute Gasteiger partial charge is 0.326 e. The van der Waals surface area contributed by atoms with Gasteiger partial charge in [0.05, 0.1) is 12.5 Å². The molecule has 0 heterocycles. The van der Waals surface area contributed by atoms with Crippen LogP contribution in [-0.4, -0.2) is 82.5 Å². The average Bonchev–Trinajstić information content (AvgIpc) is 2.76. The van der Waals surface area contributed by atoms with Crippen LogP contribution in [0, 0.1) is 5.92 Å². The van der Waals surface area contributed by atoms with Crippen LogP contribution in [0.4, 0.5) is 0 Å². The molecule has 0 saturated heterocycles. The van der Waals surface area contributed by atoms with E-state index >= 15 is 0 Å². The third-order valence-electron chi connectivity index (χ3n) is 4.95. The zero-order valence-electron chi connectivity index (χ0n) is 20.9. The highest BCUT2D eigenvalue weighted by Crippen LogP contribution is 2.08. The normalized spacial score (nSPS) is 13.9. The molecule has 4 unspecified atom stereocenters. The summed E-state index contributed by atoms with van der Waals surface area (Å²) in [6.07, 6.45) is -0.805. The first-order valence-electron chi connectivity index (χ1n) is 11.6. The number of aliphatic imine (C=N–C) groups is 1. The van der Waals surface area contributed by atoms with E-state index in [1.54, 1.807) is 13.8 Å². The second-order valence-corrected chi connectivity index (χ2v) is 8.81. The maximum absolute atomic E-state index is 12.9. The summed E-state index contributed by atoms with van der Waals surface area (Å²) < 4.78 is 0. The fourth-order valence-corrected chi connectivity index (χ4v) is 3.10. The number of carboxylic acids is 2. The van der Waals surface area contributed by atoms with Crippen LogP contribution in [0.15, 0.2) is 4.99 Å². The Morgan fingerprint density at radius 1 is 0.811 bits per heavy atom. The summed E-state index contributed by atoms with van der Waals surface area (Å²) in [5.74, 6) is -6.47. The van der Waals surface area contributed by atoms with E-state index in [1.165, 1.54) is 0 Å². The number of carbonyl (C=O) groups excluding carboxylic acids is 4. The number of amides is 4. The molecule has 0 aromatic carbocycles. The van der Waals surface area contributed by atoms with Crippen LogP contribution in [0.5, 0.6) is 0 Å². The van der Waals surface area contributed by atoms with E-state index in [2.05, 4.69) is 20.9 Å². The van der Waals surface area contributed by atoms with Crippen molar-refractivity contribution in [2.24, 2.45) is 33.8 Å². The van der Waals surface area contributed by atoms with Crippen LogP contribution < -0.4 is 38.9 Å². The standard InChI is InChI=1S/C21H38N8O8/c1-10(2)8-13(18(34)27-12(20(36)37)5-6-15(23)30)29-19(35)14(9-16(31)32)28-17(33)11(22)4-3-7-26-21(24)25/h10-14H,3-9,22H2,1-2H3,(H2,23,30)(H,27,34)(H,28,33)(H,29,35)(H,31,32)(H,36,37)(H4,24,25,26). The highest BCUT2D eigenvalue weighted by molar-refractivity contribution is 5.95. The van der Waals surface area contributed by atoms with Gasteiger partial charge < -0.3 is 49.1 Å². The SMILES string of the molecule is CC(C)CC(NC(=O)C(CC(=O)O)NC(=O)C(N)CCCN=C(N)N)C(=O)NC(CCC(N)=O)C(=O)O. The van der Waals surface area contributed by atoms with Gasteiger partial charge in [0.2, 0.25) is 23.6 Å². The Kier molecular flexibility index (Phi) is 14.9. The molecule has 0 aliphatic rings. The molecule has 0 bridgehead atoms. The Morgan fingerprint density at radius 2 is 1.35 bits per heavy atom. The number of hydrogen-bond acceptors (Lipinski definition) is 8. The number of aliphatic carboxylic acids is 2. The minimum atomic E-state index is -1.57. The molecule has 0 aliphatic heterocycles. The van der Waals surface area contributed by atoms with Gasteiger partial charge in [-0.05, 0) is 31.6 Å². The zero-order chi connectivity index (χ0) is 28.7. The van der Waals surface area contributed by atoms with Crippen LogP contribution in [0.25, 0.3) is 0 Å². The van der Waals surface area contributed by atoms with E-state index in [9.17, 15) is 39.0 Å². The van der Waals surface area contributed by atoms with Crippen molar-refractivity contribution < 1.29 is 39.0 Å². The molecule has 0 rings (SSSR count). The van der Waals surface area contributed by atoms with E-state index in [0.29, 0.717) is 6.42 Å². The number of carbonyl (C=O) groups is 6. The monoisotopic (exact) mass is 530 g/mol. The number of rotatable bonds is 18. The van der Waals surface area contributed by atoms with Gasteiger partial charge >= 0.3 is 11.9 Å². The van der Waals surface area contributed by atoms with Crippen molar-refractivity contribution in [2.75, 3.05) is 6.54 Å². The van der Waals surface area contributed by atoms with Crippen LogP contribution in [0.3, 0.4) is 0 Å². The Balaban J connectivity index is 5.44. The molecule has 0 aliphatic carbocycles. The molecule has 16 heteroatoms. The maximum atomic E-state index is 12.9. The number of nitrogens with one attached hydrogen (secondary N) is 3. The van der Waals surface area contributed by atoms with Crippen LogP contribution in [-0.2, 0) is 28.8 Å². The van der Waals surface area contributed by atoms with Crippen molar-refractivity contribution in [3.8, 4) is 0 Å². The van der Waals surface area contributed by atoms with Crippen molar-refractivity contribution in [1.29, 1.82) is 0 Å². The molecule has 13 N–H and O–H groups in total. The molecule has 4 atom stereocenters. The Morgan fingerprint density at radius 3 is 1.84 bits per heavy atom. The molecular formula is C21H38N8O8. The topological polar surface area (TPSA) is 295 Å². The lowest BCUT2D eigenvalue weighted by molar-refractivity contribution is -0.143. The van der Waals surface area contributed by atoms with E-state index in [4.69, 9.17) is 22.9 Å². The summed E-state index contributed by atoms with van der Waals surface area (Å²) >= 11 is 0. The molecule has 0 saturated carbocycles. The van der Waals surface area contributed by atoms with Crippen molar-refractivity contribution in [2.45, 2.75) is 76.5 Å². The Bertz CT molecular complexity index is 859. The van der Waals surface area contributed by atoms with Gasteiger partial charge in [0.25, 0.3) is 0 Å². The molecule has 0 spiro atoms. The third kappa shape index (κ3) is 14.9. The third-order valence-corrected chi connectivity index (χ3v) is 4.95. The van der Waals surface area contributed by atoms with Gasteiger partial charge in [-0.2, -0.15) is 0 Å². The van der Waals surface area contributed by atoms with Crippen molar-refractivity contribution >= 4 is 41.5 Å². The fourth-order valence-electron chi connectivity index (χ4n) is 3.10. The Hall–Kier alpha value is -3.95. The van der Waals surface area contributed by atoms with Gasteiger partial charge in [0, 0.05) is 13.0 Å². The minimum absolute atomic E-state index is 0.0672. The van der Waals surface area contributed by atoms with Crippen molar-refractivity contribution in [1.82, 2.24) is 16.0 Å². The van der Waals surface area contributed by atoms with Crippen LogP contribution >= 0.6 is 0 Å². The lowest BCUT2D eigenvalue weighted by Crippen LogP contribution is -2.57. The van der Waals surface area contributed by atoms with Gasteiger partial charge in [-0.25, -0.2) is 4.79 Å².